The maximum absolute atomic E-state index is 5.48. The molecule has 0 bridgehead atoms. The maximum Gasteiger partial charge on any atom is 0.0701 e. The number of hydrogen-bond donors (Lipinski definition) is 0. The molecule has 0 unspecified atom stereocenters. The summed E-state index contributed by atoms with van der Waals surface area (Å²) in [5, 5.41) is 0. The molecule has 0 spiro atoms. The van der Waals surface area contributed by atoms with Gasteiger partial charge in [0.05, 0.1) is 92.5 Å². The van der Waals surface area contributed by atoms with Crippen molar-refractivity contribution in [3.05, 3.63) is 0 Å². The van der Waals surface area contributed by atoms with Crippen LogP contribution in [0.4, 0.5) is 0 Å². The molecule has 0 aromatic carbocycles. The molecule has 0 aliphatic carbocycles. The summed E-state index contributed by atoms with van der Waals surface area (Å²) < 4.78 is 43.7. The lowest BCUT2D eigenvalue weighted by Crippen LogP contribution is -2.15. The van der Waals surface area contributed by atoms with Crippen molar-refractivity contribution in [1.82, 2.24) is 0 Å². The zero-order chi connectivity index (χ0) is 23.5. The summed E-state index contributed by atoms with van der Waals surface area (Å²) in [5.74, 6) is 1.36. The monoisotopic (exact) mass is 466 g/mol. The van der Waals surface area contributed by atoms with E-state index in [4.69, 9.17) is 37.9 Å². The number of rotatable bonds is 27. The van der Waals surface area contributed by atoms with E-state index in [0.717, 1.165) is 26.1 Å². The zero-order valence-corrected chi connectivity index (χ0v) is 21.1. The van der Waals surface area contributed by atoms with Gasteiger partial charge in [-0.1, -0.05) is 27.7 Å². The Kier molecular flexibility index (Phi) is 26.7. The summed E-state index contributed by atoms with van der Waals surface area (Å²) in [6.07, 6.45) is 2.18. The molecule has 0 N–H and O–H groups in total. The van der Waals surface area contributed by atoms with E-state index in [2.05, 4.69) is 27.7 Å². The maximum atomic E-state index is 5.48. The number of ether oxygens (including phenoxy) is 8. The van der Waals surface area contributed by atoms with Gasteiger partial charge in [0.25, 0.3) is 0 Å². The van der Waals surface area contributed by atoms with Crippen molar-refractivity contribution in [1.29, 1.82) is 0 Å². The first-order chi connectivity index (χ1) is 15.6. The Bertz CT molecular complexity index is 310. The fourth-order valence-corrected chi connectivity index (χ4v) is 2.28. The SMILES string of the molecule is CC(C)CCOCCOCCOCCOCCOCCOCCOCCOCCC(C)C. The second-order valence-corrected chi connectivity index (χ2v) is 8.26. The van der Waals surface area contributed by atoms with E-state index in [1.165, 1.54) is 0 Å². The minimum absolute atomic E-state index is 0.549. The van der Waals surface area contributed by atoms with Gasteiger partial charge in [-0.25, -0.2) is 0 Å². The highest BCUT2D eigenvalue weighted by molar-refractivity contribution is 4.43. The lowest BCUT2D eigenvalue weighted by molar-refractivity contribution is -0.0234. The average Bonchev–Trinajstić information content (AvgIpc) is 2.75. The van der Waals surface area contributed by atoms with Crippen molar-refractivity contribution >= 4 is 0 Å². The average molecular weight is 467 g/mol. The lowest BCUT2D eigenvalue weighted by atomic mass is 10.1. The van der Waals surface area contributed by atoms with Crippen molar-refractivity contribution in [2.75, 3.05) is 106 Å². The first kappa shape index (κ1) is 31.7. The van der Waals surface area contributed by atoms with Crippen molar-refractivity contribution in [3.63, 3.8) is 0 Å². The van der Waals surface area contributed by atoms with Crippen LogP contribution in [0.15, 0.2) is 0 Å². The molecule has 0 aliphatic rings. The molecule has 194 valence electrons. The van der Waals surface area contributed by atoms with Crippen molar-refractivity contribution < 1.29 is 37.9 Å². The minimum Gasteiger partial charge on any atom is -0.379 e. The quantitative estimate of drug-likeness (QED) is 0.171. The van der Waals surface area contributed by atoms with Gasteiger partial charge in [0.15, 0.2) is 0 Å². The molecule has 0 aliphatic heterocycles. The van der Waals surface area contributed by atoms with Crippen LogP contribution in [0.5, 0.6) is 0 Å². The van der Waals surface area contributed by atoms with Crippen LogP contribution >= 0.6 is 0 Å². The van der Waals surface area contributed by atoms with Gasteiger partial charge >= 0.3 is 0 Å². The molecule has 0 radical (unpaired) electrons. The molecule has 0 fully saturated rings. The lowest BCUT2D eigenvalue weighted by Gasteiger charge is -2.09. The van der Waals surface area contributed by atoms with E-state index in [1.54, 1.807) is 0 Å². The zero-order valence-electron chi connectivity index (χ0n) is 21.1. The highest BCUT2D eigenvalue weighted by atomic mass is 16.6. The summed E-state index contributed by atoms with van der Waals surface area (Å²) in [6.45, 7) is 18.5. The Morgan fingerprint density at radius 3 is 0.594 bits per heavy atom. The number of hydrogen-bond acceptors (Lipinski definition) is 8. The highest BCUT2D eigenvalue weighted by Crippen LogP contribution is 1.99. The third-order valence-electron chi connectivity index (χ3n) is 4.28. The van der Waals surface area contributed by atoms with Gasteiger partial charge in [-0.2, -0.15) is 0 Å². The first-order valence-electron chi connectivity index (χ1n) is 12.2. The van der Waals surface area contributed by atoms with E-state index >= 15 is 0 Å². The molecule has 0 amide bonds. The molecular formula is C24H50O8. The largest absolute Gasteiger partial charge is 0.379 e. The van der Waals surface area contributed by atoms with E-state index in [-0.39, 0.29) is 0 Å². The predicted octanol–water partition coefficient (Wildman–Crippen LogP) is 3.21. The van der Waals surface area contributed by atoms with Crippen LogP contribution in [0, 0.1) is 11.8 Å². The van der Waals surface area contributed by atoms with Gasteiger partial charge in [0, 0.05) is 13.2 Å². The Balaban J connectivity index is 3.01. The standard InChI is InChI=1S/C24H50O8/c1-23(2)5-7-25-9-11-27-13-15-29-17-19-31-21-22-32-20-18-30-16-14-28-12-10-26-8-6-24(3)4/h23-24H,5-22H2,1-4H3. The smallest absolute Gasteiger partial charge is 0.0701 e. The van der Waals surface area contributed by atoms with Gasteiger partial charge in [0.1, 0.15) is 0 Å². The van der Waals surface area contributed by atoms with Crippen molar-refractivity contribution in [2.45, 2.75) is 40.5 Å². The van der Waals surface area contributed by atoms with Crippen LogP contribution in [0.25, 0.3) is 0 Å². The molecule has 0 heterocycles. The van der Waals surface area contributed by atoms with Crippen LogP contribution in [0.3, 0.4) is 0 Å². The molecule has 0 aromatic heterocycles. The van der Waals surface area contributed by atoms with Gasteiger partial charge in [0.2, 0.25) is 0 Å². The second-order valence-electron chi connectivity index (χ2n) is 8.26. The summed E-state index contributed by atoms with van der Waals surface area (Å²) >= 11 is 0. The van der Waals surface area contributed by atoms with E-state index in [9.17, 15) is 0 Å². The molecular weight excluding hydrogens is 416 g/mol. The normalized spacial score (nSPS) is 11.8. The molecule has 32 heavy (non-hydrogen) atoms. The van der Waals surface area contributed by atoms with Crippen molar-refractivity contribution in [3.8, 4) is 0 Å². The van der Waals surface area contributed by atoms with Crippen LogP contribution in [0.1, 0.15) is 40.5 Å². The first-order valence-corrected chi connectivity index (χ1v) is 12.2. The Morgan fingerprint density at radius 1 is 0.281 bits per heavy atom. The van der Waals surface area contributed by atoms with Crippen LogP contribution < -0.4 is 0 Å². The van der Waals surface area contributed by atoms with Crippen LogP contribution in [0.2, 0.25) is 0 Å². The van der Waals surface area contributed by atoms with E-state index in [0.29, 0.717) is 104 Å². The van der Waals surface area contributed by atoms with Crippen molar-refractivity contribution in [2.24, 2.45) is 11.8 Å². The topological polar surface area (TPSA) is 73.8 Å². The molecule has 0 rings (SSSR count). The Labute approximate surface area is 196 Å². The molecule has 0 saturated heterocycles. The van der Waals surface area contributed by atoms with E-state index < -0.39 is 0 Å². The molecule has 8 nitrogen and oxygen atoms in total. The molecule has 8 heteroatoms. The third kappa shape index (κ3) is 29.7. The fraction of sp³-hybridized carbons (Fsp3) is 1.00. The van der Waals surface area contributed by atoms with Gasteiger partial charge in [-0.3, -0.25) is 0 Å². The fourth-order valence-electron chi connectivity index (χ4n) is 2.28. The third-order valence-corrected chi connectivity index (χ3v) is 4.28. The molecule has 0 atom stereocenters. The molecule has 0 saturated carbocycles. The Morgan fingerprint density at radius 2 is 0.438 bits per heavy atom. The van der Waals surface area contributed by atoms with Crippen LogP contribution in [-0.4, -0.2) is 106 Å². The van der Waals surface area contributed by atoms with Gasteiger partial charge in [-0.05, 0) is 24.7 Å². The van der Waals surface area contributed by atoms with Gasteiger partial charge in [-0.15, -0.1) is 0 Å². The van der Waals surface area contributed by atoms with Crippen LogP contribution in [-0.2, 0) is 37.9 Å². The summed E-state index contributed by atoms with van der Waals surface area (Å²) in [7, 11) is 0. The summed E-state index contributed by atoms with van der Waals surface area (Å²) in [5.41, 5.74) is 0. The molecule has 0 aromatic rings. The summed E-state index contributed by atoms with van der Waals surface area (Å²) in [4.78, 5) is 0. The second kappa shape index (κ2) is 26.9. The minimum atomic E-state index is 0.549. The predicted molar refractivity (Wildman–Crippen MR) is 125 cm³/mol. The van der Waals surface area contributed by atoms with E-state index in [1.807, 2.05) is 0 Å². The van der Waals surface area contributed by atoms with Gasteiger partial charge < -0.3 is 37.9 Å². The Hall–Kier alpha value is -0.320. The summed E-state index contributed by atoms with van der Waals surface area (Å²) in [6, 6.07) is 0. The highest BCUT2D eigenvalue weighted by Gasteiger charge is 1.97.